The topological polar surface area (TPSA) is 85.9 Å². The molecule has 0 bridgehead atoms. The van der Waals surface area contributed by atoms with Crippen LogP contribution in [0.5, 0.6) is 0 Å². The molecular weight excluding hydrogens is 479 g/mol. The maximum Gasteiger partial charge on any atom is 0.494 e. The molecule has 1 fully saturated rings. The van der Waals surface area contributed by atoms with Gasteiger partial charge in [-0.3, -0.25) is 4.79 Å². The average Bonchev–Trinajstić information content (AvgIpc) is 3.05. The number of fused-ring (bicyclic) bond motifs is 1. The fourth-order valence-corrected chi connectivity index (χ4v) is 4.86. The minimum atomic E-state index is -0.790. The zero-order chi connectivity index (χ0) is 27.7. The summed E-state index contributed by atoms with van der Waals surface area (Å²) in [6, 6.07) is 15.2. The van der Waals surface area contributed by atoms with E-state index in [0.29, 0.717) is 6.42 Å². The molecule has 0 radical (unpaired) electrons. The van der Waals surface area contributed by atoms with Gasteiger partial charge in [0.2, 0.25) is 5.91 Å². The van der Waals surface area contributed by atoms with E-state index in [2.05, 4.69) is 22.8 Å². The van der Waals surface area contributed by atoms with Gasteiger partial charge in [-0.1, -0.05) is 48.5 Å². The Balaban J connectivity index is 1.49. The van der Waals surface area contributed by atoms with Crippen LogP contribution in [0.1, 0.15) is 84.0 Å². The van der Waals surface area contributed by atoms with Crippen LogP contribution in [0.15, 0.2) is 48.5 Å². The van der Waals surface area contributed by atoms with Gasteiger partial charge < -0.3 is 24.7 Å². The van der Waals surface area contributed by atoms with E-state index in [-0.39, 0.29) is 11.9 Å². The molecule has 2 amide bonds. The molecule has 8 heteroatoms. The number of hydrogen-bond donors (Lipinski definition) is 2. The molecule has 4 rings (SSSR count). The van der Waals surface area contributed by atoms with Crippen molar-refractivity contribution < 1.29 is 23.6 Å². The van der Waals surface area contributed by atoms with E-state index in [0.717, 1.165) is 35.9 Å². The molecule has 0 spiro atoms. The monoisotopic (exact) mass is 520 g/mol. The Labute approximate surface area is 227 Å². The maximum absolute atomic E-state index is 13.5. The van der Waals surface area contributed by atoms with Crippen LogP contribution in [-0.2, 0) is 31.7 Å². The summed E-state index contributed by atoms with van der Waals surface area (Å²) in [6.07, 6.45) is 2.59. The van der Waals surface area contributed by atoms with Gasteiger partial charge in [0, 0.05) is 6.42 Å². The number of carbonyl (C=O) groups excluding carboxylic acids is 2. The first-order chi connectivity index (χ1) is 17.7. The molecule has 2 atom stereocenters. The van der Waals surface area contributed by atoms with Crippen LogP contribution in [0.25, 0.3) is 0 Å². The molecule has 2 N–H and O–H groups in total. The summed E-state index contributed by atoms with van der Waals surface area (Å²) in [6.45, 7) is 13.5. The van der Waals surface area contributed by atoms with Gasteiger partial charge in [0.05, 0.1) is 17.2 Å². The van der Waals surface area contributed by atoms with Crippen LogP contribution in [0.3, 0.4) is 0 Å². The summed E-state index contributed by atoms with van der Waals surface area (Å²) in [5.41, 5.74) is 2.72. The van der Waals surface area contributed by atoms with Crippen molar-refractivity contribution in [1.82, 2.24) is 10.6 Å². The third-order valence-electron chi connectivity index (χ3n) is 7.64. The maximum atomic E-state index is 13.5. The van der Waals surface area contributed by atoms with E-state index in [9.17, 15) is 9.59 Å². The third kappa shape index (κ3) is 6.59. The van der Waals surface area contributed by atoms with Crippen LogP contribution < -0.4 is 16.1 Å². The molecule has 1 saturated heterocycles. The minimum Gasteiger partial charge on any atom is -0.444 e. The van der Waals surface area contributed by atoms with Gasteiger partial charge in [-0.2, -0.15) is 0 Å². The second-order valence-electron chi connectivity index (χ2n) is 12.4. The van der Waals surface area contributed by atoms with Crippen LogP contribution >= 0.6 is 0 Å². The van der Waals surface area contributed by atoms with Gasteiger partial charge >= 0.3 is 13.2 Å². The summed E-state index contributed by atoms with van der Waals surface area (Å²) in [5.74, 6) is -0.229. The molecule has 1 aliphatic heterocycles. The molecule has 2 aromatic carbocycles. The summed E-state index contributed by atoms with van der Waals surface area (Å²) in [7, 11) is -0.459. The fourth-order valence-electron chi connectivity index (χ4n) is 4.86. The Morgan fingerprint density at radius 2 is 1.66 bits per heavy atom. The number of benzene rings is 2. The van der Waals surface area contributed by atoms with Crippen LogP contribution in [0, 0.1) is 0 Å². The molecule has 2 aliphatic rings. The lowest BCUT2D eigenvalue weighted by atomic mass is 9.78. The fraction of sp³-hybridized carbons (Fsp3) is 0.533. The lowest BCUT2D eigenvalue weighted by Crippen LogP contribution is -2.50. The van der Waals surface area contributed by atoms with Gasteiger partial charge in [0.25, 0.3) is 0 Å². The molecule has 1 heterocycles. The Morgan fingerprint density at radius 1 is 1.03 bits per heavy atom. The second kappa shape index (κ2) is 10.7. The quantitative estimate of drug-likeness (QED) is 0.544. The molecule has 0 saturated carbocycles. The summed E-state index contributed by atoms with van der Waals surface area (Å²) < 4.78 is 17.8. The first-order valence-electron chi connectivity index (χ1n) is 13.6. The smallest absolute Gasteiger partial charge is 0.444 e. The van der Waals surface area contributed by atoms with Crippen LogP contribution in [0.4, 0.5) is 4.79 Å². The van der Waals surface area contributed by atoms with Gasteiger partial charge in [-0.05, 0) is 89.9 Å². The van der Waals surface area contributed by atoms with Crippen molar-refractivity contribution in [3.8, 4) is 0 Å². The number of rotatable bonds is 6. The number of ether oxygens (including phenoxy) is 1. The number of hydrogen-bond acceptors (Lipinski definition) is 5. The van der Waals surface area contributed by atoms with E-state index in [1.54, 1.807) is 20.8 Å². The zero-order valence-corrected chi connectivity index (χ0v) is 23.7. The van der Waals surface area contributed by atoms with Crippen LogP contribution in [-0.4, -0.2) is 42.0 Å². The lowest BCUT2D eigenvalue weighted by molar-refractivity contribution is -0.124. The standard InChI is InChI=1S/C30H41BN2O5/c1-28(2,3)36-27(35)33-25(26(34)32-24-14-10-12-21-11-8-9-13-23(21)24)19-20-15-17-22(18-16-20)31-37-29(4,5)30(6,7)38-31/h8-9,11,13,15-18,24-25H,10,12,14,19H2,1-7H3,(H,32,34)(H,33,35). The zero-order valence-electron chi connectivity index (χ0n) is 23.7. The van der Waals surface area contributed by atoms with Crippen molar-refractivity contribution in [2.45, 2.75) is 103 Å². The molecule has 1 aliphatic carbocycles. The largest absolute Gasteiger partial charge is 0.494 e. The first kappa shape index (κ1) is 28.2. The molecular formula is C30H41BN2O5. The highest BCUT2D eigenvalue weighted by atomic mass is 16.7. The van der Waals surface area contributed by atoms with Gasteiger partial charge in [0.1, 0.15) is 11.6 Å². The van der Waals surface area contributed by atoms with Crippen LogP contribution in [0.2, 0.25) is 0 Å². The number of carbonyl (C=O) groups is 2. The van der Waals surface area contributed by atoms with Crippen molar-refractivity contribution in [3.05, 3.63) is 65.2 Å². The van der Waals surface area contributed by atoms with Gasteiger partial charge in [-0.25, -0.2) is 4.79 Å². The Morgan fingerprint density at radius 3 is 2.29 bits per heavy atom. The van der Waals surface area contributed by atoms with Crippen molar-refractivity contribution in [2.75, 3.05) is 0 Å². The summed E-state index contributed by atoms with van der Waals surface area (Å²) in [4.78, 5) is 26.2. The second-order valence-corrected chi connectivity index (χ2v) is 12.4. The highest BCUT2D eigenvalue weighted by Crippen LogP contribution is 2.36. The lowest BCUT2D eigenvalue weighted by Gasteiger charge is -2.32. The number of amides is 2. The van der Waals surface area contributed by atoms with E-state index in [1.165, 1.54) is 5.56 Å². The predicted octanol–water partition coefficient (Wildman–Crippen LogP) is 4.62. The normalized spacial score (nSPS) is 20.8. The van der Waals surface area contributed by atoms with E-state index in [4.69, 9.17) is 14.0 Å². The highest BCUT2D eigenvalue weighted by Gasteiger charge is 2.51. The molecule has 7 nitrogen and oxygen atoms in total. The SMILES string of the molecule is CC(C)(C)OC(=O)NC(Cc1ccc(B2OC(C)(C)C(C)(C)O2)cc1)C(=O)NC1CCCc2ccccc21. The molecule has 2 unspecified atom stereocenters. The average molecular weight is 520 g/mol. The first-order valence-corrected chi connectivity index (χ1v) is 13.6. The molecule has 204 valence electrons. The highest BCUT2D eigenvalue weighted by molar-refractivity contribution is 6.62. The summed E-state index contributed by atoms with van der Waals surface area (Å²) in [5, 5.41) is 5.99. The number of aryl methyl sites for hydroxylation is 1. The number of nitrogens with one attached hydrogen (secondary N) is 2. The van der Waals surface area contributed by atoms with E-state index >= 15 is 0 Å². The summed E-state index contributed by atoms with van der Waals surface area (Å²) >= 11 is 0. The van der Waals surface area contributed by atoms with Gasteiger partial charge in [0.15, 0.2) is 0 Å². The minimum absolute atomic E-state index is 0.0823. The van der Waals surface area contributed by atoms with Crippen molar-refractivity contribution >= 4 is 24.6 Å². The Bertz CT molecular complexity index is 1140. The molecule has 38 heavy (non-hydrogen) atoms. The van der Waals surface area contributed by atoms with E-state index < -0.39 is 36.1 Å². The van der Waals surface area contributed by atoms with Crippen molar-refractivity contribution in [2.24, 2.45) is 0 Å². The predicted molar refractivity (Wildman–Crippen MR) is 149 cm³/mol. The Kier molecular flexibility index (Phi) is 7.96. The molecule has 0 aromatic heterocycles. The third-order valence-corrected chi connectivity index (χ3v) is 7.64. The number of alkyl carbamates (subject to hydrolysis) is 1. The van der Waals surface area contributed by atoms with E-state index in [1.807, 2.05) is 64.1 Å². The van der Waals surface area contributed by atoms with Crippen molar-refractivity contribution in [3.63, 3.8) is 0 Å². The van der Waals surface area contributed by atoms with Gasteiger partial charge in [-0.15, -0.1) is 0 Å². The Hall–Kier alpha value is -2.84. The molecule has 2 aromatic rings. The van der Waals surface area contributed by atoms with Crippen molar-refractivity contribution in [1.29, 1.82) is 0 Å².